The zero-order valence-corrected chi connectivity index (χ0v) is 22.6. The van der Waals surface area contributed by atoms with E-state index in [9.17, 15) is 22.4 Å². The molecule has 0 saturated carbocycles. The van der Waals surface area contributed by atoms with E-state index in [1.165, 1.54) is 54.4 Å². The summed E-state index contributed by atoms with van der Waals surface area (Å²) in [6, 6.07) is 15.6. The Bertz CT molecular complexity index is 1380. The molecule has 0 saturated heterocycles. The van der Waals surface area contributed by atoms with E-state index in [1.807, 2.05) is 6.92 Å². The molecule has 196 valence electrons. The minimum Gasteiger partial charge on any atom is -0.357 e. The van der Waals surface area contributed by atoms with Crippen LogP contribution in [0.15, 0.2) is 71.6 Å². The second kappa shape index (κ2) is 11.7. The molecule has 0 unspecified atom stereocenters. The molecule has 10 heteroatoms. The number of amides is 2. The van der Waals surface area contributed by atoms with Crippen molar-refractivity contribution in [2.24, 2.45) is 0 Å². The predicted octanol–water partition coefficient (Wildman–Crippen LogP) is 4.45. The van der Waals surface area contributed by atoms with Crippen LogP contribution in [-0.4, -0.2) is 44.8 Å². The molecule has 0 bridgehead atoms. The molecule has 3 aromatic rings. The number of anilines is 1. The first-order valence-corrected chi connectivity index (χ1v) is 13.4. The van der Waals surface area contributed by atoms with E-state index in [0.29, 0.717) is 10.6 Å². The van der Waals surface area contributed by atoms with Crippen molar-refractivity contribution >= 4 is 39.1 Å². The van der Waals surface area contributed by atoms with Crippen LogP contribution in [0.25, 0.3) is 0 Å². The first kappa shape index (κ1) is 28.1. The van der Waals surface area contributed by atoms with Gasteiger partial charge in [-0.05, 0) is 68.3 Å². The van der Waals surface area contributed by atoms with Crippen molar-refractivity contribution < 1.29 is 22.4 Å². The SMILES string of the molecule is CNC(=O)[C@H](C)N(Cc1ccc(F)cc1)C(=O)CN(c1ccc(C)c(Cl)c1)S(=O)(=O)c1ccc(C)cc1. The number of carbonyl (C=O) groups excluding carboxylic acids is 2. The number of aryl methyl sites for hydroxylation is 2. The number of likely N-dealkylation sites (N-methyl/N-ethyl adjacent to an activating group) is 1. The molecule has 2 amide bonds. The third kappa shape index (κ3) is 6.67. The monoisotopic (exact) mass is 545 g/mol. The molecule has 0 heterocycles. The molecular formula is C27H29ClFN3O4S. The van der Waals surface area contributed by atoms with Gasteiger partial charge in [-0.25, -0.2) is 12.8 Å². The van der Waals surface area contributed by atoms with Gasteiger partial charge in [-0.1, -0.05) is 47.5 Å². The Kier molecular flexibility index (Phi) is 8.94. The van der Waals surface area contributed by atoms with Crippen molar-refractivity contribution in [1.82, 2.24) is 10.2 Å². The Balaban J connectivity index is 2.05. The Morgan fingerprint density at radius 2 is 1.62 bits per heavy atom. The Morgan fingerprint density at radius 1 is 1.00 bits per heavy atom. The number of benzene rings is 3. The summed E-state index contributed by atoms with van der Waals surface area (Å²) in [4.78, 5) is 27.4. The molecule has 1 N–H and O–H groups in total. The fourth-order valence-corrected chi connectivity index (χ4v) is 5.26. The quantitative estimate of drug-likeness (QED) is 0.430. The van der Waals surface area contributed by atoms with Gasteiger partial charge in [0.15, 0.2) is 0 Å². The highest BCUT2D eigenvalue weighted by Gasteiger charge is 2.32. The maximum absolute atomic E-state index is 13.7. The third-order valence-corrected chi connectivity index (χ3v) is 8.21. The summed E-state index contributed by atoms with van der Waals surface area (Å²) in [7, 11) is -2.74. The highest BCUT2D eigenvalue weighted by Crippen LogP contribution is 2.28. The molecule has 1 atom stereocenters. The summed E-state index contributed by atoms with van der Waals surface area (Å²) >= 11 is 6.30. The molecule has 0 aliphatic rings. The Labute approximate surface area is 221 Å². The minimum atomic E-state index is -4.18. The topological polar surface area (TPSA) is 86.8 Å². The van der Waals surface area contributed by atoms with E-state index in [2.05, 4.69) is 5.32 Å². The van der Waals surface area contributed by atoms with Crippen molar-refractivity contribution in [3.63, 3.8) is 0 Å². The van der Waals surface area contributed by atoms with Gasteiger partial charge in [0.1, 0.15) is 18.4 Å². The van der Waals surface area contributed by atoms with Crippen molar-refractivity contribution in [2.75, 3.05) is 17.9 Å². The van der Waals surface area contributed by atoms with Crippen molar-refractivity contribution in [3.05, 3.63) is 94.3 Å². The van der Waals surface area contributed by atoms with Crippen molar-refractivity contribution in [1.29, 1.82) is 0 Å². The van der Waals surface area contributed by atoms with Crippen LogP contribution in [-0.2, 0) is 26.2 Å². The van der Waals surface area contributed by atoms with Crippen LogP contribution in [0.2, 0.25) is 5.02 Å². The van der Waals surface area contributed by atoms with Crippen molar-refractivity contribution in [3.8, 4) is 0 Å². The molecule has 37 heavy (non-hydrogen) atoms. The van der Waals surface area contributed by atoms with E-state index in [0.717, 1.165) is 15.4 Å². The normalized spacial score (nSPS) is 12.1. The zero-order valence-electron chi connectivity index (χ0n) is 21.0. The average Bonchev–Trinajstić information content (AvgIpc) is 2.87. The Hall–Kier alpha value is -3.43. The smallest absolute Gasteiger partial charge is 0.264 e. The molecular weight excluding hydrogens is 517 g/mol. The summed E-state index contributed by atoms with van der Waals surface area (Å²) in [5.41, 5.74) is 2.41. The number of carbonyl (C=O) groups is 2. The summed E-state index contributed by atoms with van der Waals surface area (Å²) < 4.78 is 41.9. The van der Waals surface area contributed by atoms with E-state index in [1.54, 1.807) is 38.1 Å². The van der Waals surface area contributed by atoms with Crippen LogP contribution < -0.4 is 9.62 Å². The zero-order chi connectivity index (χ0) is 27.3. The standard InChI is InChI=1S/C27H29ClFN3O4S/c1-18-5-13-24(14-6-18)37(35,36)32(23-12-7-19(2)25(28)15-23)17-26(33)31(20(3)27(34)30-4)16-21-8-10-22(29)11-9-21/h5-15,20H,16-17H2,1-4H3,(H,30,34)/t20-/m0/s1. The lowest BCUT2D eigenvalue weighted by Crippen LogP contribution is -2.50. The van der Waals surface area contributed by atoms with Gasteiger partial charge in [-0.2, -0.15) is 0 Å². The van der Waals surface area contributed by atoms with E-state index in [-0.39, 0.29) is 17.1 Å². The molecule has 0 aliphatic carbocycles. The Morgan fingerprint density at radius 3 is 2.19 bits per heavy atom. The number of halogens is 2. The number of rotatable bonds is 9. The highest BCUT2D eigenvalue weighted by molar-refractivity contribution is 7.92. The summed E-state index contributed by atoms with van der Waals surface area (Å²) in [5, 5.41) is 2.86. The second-order valence-corrected chi connectivity index (χ2v) is 11.0. The number of hydrogen-bond acceptors (Lipinski definition) is 4. The maximum Gasteiger partial charge on any atom is 0.264 e. The van der Waals surface area contributed by atoms with Gasteiger partial charge in [-0.15, -0.1) is 0 Å². The molecule has 3 aromatic carbocycles. The summed E-state index contributed by atoms with van der Waals surface area (Å²) in [6.07, 6.45) is 0. The first-order valence-electron chi connectivity index (χ1n) is 11.5. The summed E-state index contributed by atoms with van der Waals surface area (Å²) in [6.45, 7) is 4.55. The molecule has 0 radical (unpaired) electrons. The fourth-order valence-electron chi connectivity index (χ4n) is 3.68. The van der Waals surface area contributed by atoms with Crippen LogP contribution in [0.1, 0.15) is 23.6 Å². The van der Waals surface area contributed by atoms with Gasteiger partial charge in [-0.3, -0.25) is 13.9 Å². The van der Waals surface area contributed by atoms with Crippen LogP contribution in [0.3, 0.4) is 0 Å². The fraction of sp³-hybridized carbons (Fsp3) is 0.259. The number of sulfonamides is 1. The van der Waals surface area contributed by atoms with Crippen molar-refractivity contribution in [2.45, 2.75) is 38.3 Å². The average molecular weight is 546 g/mol. The van der Waals surface area contributed by atoms with Crippen LogP contribution in [0, 0.1) is 19.7 Å². The van der Waals surface area contributed by atoms with Crippen LogP contribution >= 0.6 is 11.6 Å². The van der Waals surface area contributed by atoms with Gasteiger partial charge in [0.05, 0.1) is 10.6 Å². The van der Waals surface area contributed by atoms with E-state index in [4.69, 9.17) is 11.6 Å². The lowest BCUT2D eigenvalue weighted by atomic mass is 10.1. The maximum atomic E-state index is 13.7. The predicted molar refractivity (Wildman–Crippen MR) is 142 cm³/mol. The third-order valence-electron chi connectivity index (χ3n) is 6.01. The molecule has 3 rings (SSSR count). The van der Waals surface area contributed by atoms with E-state index < -0.39 is 40.2 Å². The lowest BCUT2D eigenvalue weighted by molar-refractivity contribution is -0.139. The molecule has 7 nitrogen and oxygen atoms in total. The number of hydrogen-bond donors (Lipinski definition) is 1. The van der Waals surface area contributed by atoms with E-state index >= 15 is 0 Å². The molecule has 0 spiro atoms. The molecule has 0 aliphatic heterocycles. The van der Waals surface area contributed by atoms with Gasteiger partial charge >= 0.3 is 0 Å². The lowest BCUT2D eigenvalue weighted by Gasteiger charge is -2.32. The summed E-state index contributed by atoms with van der Waals surface area (Å²) in [5.74, 6) is -1.48. The van der Waals surface area contributed by atoms with Gasteiger partial charge in [0.25, 0.3) is 10.0 Å². The first-order chi connectivity index (χ1) is 17.4. The van der Waals surface area contributed by atoms with Gasteiger partial charge in [0, 0.05) is 18.6 Å². The minimum absolute atomic E-state index is 0.00651. The largest absolute Gasteiger partial charge is 0.357 e. The van der Waals surface area contributed by atoms with Crippen LogP contribution in [0.5, 0.6) is 0 Å². The van der Waals surface area contributed by atoms with Crippen LogP contribution in [0.4, 0.5) is 10.1 Å². The molecule has 0 fully saturated rings. The number of nitrogens with one attached hydrogen (secondary N) is 1. The number of nitrogens with zero attached hydrogens (tertiary/aromatic N) is 2. The molecule has 0 aromatic heterocycles. The second-order valence-electron chi connectivity index (χ2n) is 8.70. The highest BCUT2D eigenvalue weighted by atomic mass is 35.5. The van der Waals surface area contributed by atoms with Gasteiger partial charge in [0.2, 0.25) is 11.8 Å². The van der Waals surface area contributed by atoms with Gasteiger partial charge < -0.3 is 10.2 Å².